The van der Waals surface area contributed by atoms with Crippen molar-refractivity contribution in [2.45, 2.75) is 58.7 Å². The van der Waals surface area contributed by atoms with Gasteiger partial charge in [-0.15, -0.1) is 0 Å². The summed E-state index contributed by atoms with van der Waals surface area (Å²) in [5.41, 5.74) is 0.300. The van der Waals surface area contributed by atoms with Crippen LogP contribution in [-0.2, 0) is 4.79 Å². The molecule has 0 bridgehead atoms. The van der Waals surface area contributed by atoms with Gasteiger partial charge in [0, 0.05) is 17.3 Å². The fourth-order valence-corrected chi connectivity index (χ4v) is 2.82. The molecule has 0 aliphatic heterocycles. The van der Waals surface area contributed by atoms with E-state index in [2.05, 4.69) is 48.9 Å². The Kier molecular flexibility index (Phi) is 7.29. The monoisotopic (exact) mass is 291 g/mol. The second-order valence-electron chi connectivity index (χ2n) is 5.80. The summed E-state index contributed by atoms with van der Waals surface area (Å²) in [6.07, 6.45) is 3.10. The molecule has 0 radical (unpaired) electrons. The lowest BCUT2D eigenvalue weighted by Gasteiger charge is -2.22. The topological polar surface area (TPSA) is 29.1 Å². The van der Waals surface area contributed by atoms with Gasteiger partial charge in [-0.3, -0.25) is 4.79 Å². The van der Waals surface area contributed by atoms with E-state index in [-0.39, 0.29) is 11.8 Å². The minimum Gasteiger partial charge on any atom is -0.355 e. The molecule has 1 amide bonds. The summed E-state index contributed by atoms with van der Waals surface area (Å²) in [6, 6.07) is 0. The molecule has 0 saturated heterocycles. The number of rotatable bonds is 6. The Morgan fingerprint density at radius 2 is 1.94 bits per heavy atom. The predicted octanol–water partition coefficient (Wildman–Crippen LogP) is 3.74. The van der Waals surface area contributed by atoms with Gasteiger partial charge in [0.25, 0.3) is 0 Å². The molecule has 16 heavy (non-hydrogen) atoms. The third kappa shape index (κ3) is 8.14. The van der Waals surface area contributed by atoms with Gasteiger partial charge in [-0.1, -0.05) is 57.0 Å². The molecule has 0 rings (SSSR count). The molecule has 0 aliphatic rings. The third-order valence-corrected chi connectivity index (χ3v) is 3.15. The number of halogens is 1. The van der Waals surface area contributed by atoms with Crippen LogP contribution in [0.2, 0.25) is 0 Å². The average molecular weight is 292 g/mol. The highest BCUT2D eigenvalue weighted by Crippen LogP contribution is 2.24. The van der Waals surface area contributed by atoms with E-state index in [9.17, 15) is 4.79 Å². The number of hydrogen-bond acceptors (Lipinski definition) is 1. The quantitative estimate of drug-likeness (QED) is 0.742. The molecule has 2 nitrogen and oxygen atoms in total. The van der Waals surface area contributed by atoms with Crippen molar-refractivity contribution in [2.75, 3.05) is 6.54 Å². The van der Waals surface area contributed by atoms with E-state index < -0.39 is 0 Å². The van der Waals surface area contributed by atoms with Crippen LogP contribution in [0.5, 0.6) is 0 Å². The molecule has 3 heteroatoms. The number of carbonyl (C=O) groups is 1. The van der Waals surface area contributed by atoms with Gasteiger partial charge in [0.1, 0.15) is 0 Å². The zero-order chi connectivity index (χ0) is 12.8. The number of amides is 1. The first-order valence-corrected chi connectivity index (χ1v) is 7.09. The van der Waals surface area contributed by atoms with Crippen LogP contribution >= 0.6 is 15.9 Å². The van der Waals surface area contributed by atoms with E-state index in [0.717, 1.165) is 25.8 Å². The maximum absolute atomic E-state index is 11.7. The SMILES string of the molecule is CCCC(C)C(=O)NCC(Br)CC(C)(C)C. The first kappa shape index (κ1) is 16.0. The lowest BCUT2D eigenvalue weighted by molar-refractivity contribution is -0.124. The molecule has 0 fully saturated rings. The second kappa shape index (κ2) is 7.31. The van der Waals surface area contributed by atoms with Crippen molar-refractivity contribution in [3.8, 4) is 0 Å². The first-order valence-electron chi connectivity index (χ1n) is 6.18. The molecule has 0 aliphatic carbocycles. The molecular formula is C13H26BrNO. The summed E-state index contributed by atoms with van der Waals surface area (Å²) in [6.45, 7) is 11.5. The molecule has 96 valence electrons. The number of hydrogen-bond donors (Lipinski definition) is 1. The molecular weight excluding hydrogens is 266 g/mol. The summed E-state index contributed by atoms with van der Waals surface area (Å²) in [5, 5.41) is 3.00. The lowest BCUT2D eigenvalue weighted by atomic mass is 9.90. The van der Waals surface area contributed by atoms with Crippen molar-refractivity contribution >= 4 is 21.8 Å². The number of nitrogens with one attached hydrogen (secondary N) is 1. The fraction of sp³-hybridized carbons (Fsp3) is 0.923. The largest absolute Gasteiger partial charge is 0.355 e. The van der Waals surface area contributed by atoms with E-state index >= 15 is 0 Å². The van der Waals surface area contributed by atoms with Crippen molar-refractivity contribution < 1.29 is 4.79 Å². The van der Waals surface area contributed by atoms with Crippen LogP contribution in [-0.4, -0.2) is 17.3 Å². The van der Waals surface area contributed by atoms with Crippen LogP contribution < -0.4 is 5.32 Å². The second-order valence-corrected chi connectivity index (χ2v) is 7.09. The van der Waals surface area contributed by atoms with E-state index in [1.165, 1.54) is 0 Å². The third-order valence-electron chi connectivity index (χ3n) is 2.50. The Balaban J connectivity index is 3.83. The van der Waals surface area contributed by atoms with E-state index in [1.807, 2.05) is 6.92 Å². The highest BCUT2D eigenvalue weighted by Gasteiger charge is 2.18. The van der Waals surface area contributed by atoms with Gasteiger partial charge in [-0.05, 0) is 18.3 Å². The van der Waals surface area contributed by atoms with Gasteiger partial charge >= 0.3 is 0 Å². The van der Waals surface area contributed by atoms with Crippen LogP contribution in [0.1, 0.15) is 53.9 Å². The van der Waals surface area contributed by atoms with Gasteiger partial charge in [0.05, 0.1) is 0 Å². The Morgan fingerprint density at radius 1 is 1.38 bits per heavy atom. The van der Waals surface area contributed by atoms with Crippen LogP contribution in [0.25, 0.3) is 0 Å². The predicted molar refractivity (Wildman–Crippen MR) is 73.9 cm³/mol. The van der Waals surface area contributed by atoms with Gasteiger partial charge in [-0.2, -0.15) is 0 Å². The average Bonchev–Trinajstić information content (AvgIpc) is 2.11. The highest BCUT2D eigenvalue weighted by molar-refractivity contribution is 9.09. The Morgan fingerprint density at radius 3 is 2.38 bits per heavy atom. The first-order chi connectivity index (χ1) is 7.26. The summed E-state index contributed by atoms with van der Waals surface area (Å²) in [7, 11) is 0. The summed E-state index contributed by atoms with van der Waals surface area (Å²) >= 11 is 3.62. The molecule has 0 aromatic carbocycles. The van der Waals surface area contributed by atoms with Gasteiger partial charge < -0.3 is 5.32 Å². The van der Waals surface area contributed by atoms with Crippen LogP contribution in [0.15, 0.2) is 0 Å². The lowest BCUT2D eigenvalue weighted by Crippen LogP contribution is -2.34. The van der Waals surface area contributed by atoms with E-state index in [0.29, 0.717) is 10.2 Å². The van der Waals surface area contributed by atoms with Gasteiger partial charge in [0.15, 0.2) is 0 Å². The molecule has 2 unspecified atom stereocenters. The standard InChI is InChI=1S/C13H26BrNO/c1-6-7-10(2)12(16)15-9-11(14)8-13(3,4)5/h10-11H,6-9H2,1-5H3,(H,15,16). The van der Waals surface area contributed by atoms with E-state index in [1.54, 1.807) is 0 Å². The van der Waals surface area contributed by atoms with Crippen LogP contribution in [0, 0.1) is 11.3 Å². The van der Waals surface area contributed by atoms with Crippen molar-refractivity contribution in [1.29, 1.82) is 0 Å². The summed E-state index contributed by atoms with van der Waals surface area (Å²) < 4.78 is 0. The normalized spacial score (nSPS) is 15.6. The fourth-order valence-electron chi connectivity index (χ4n) is 1.69. The molecule has 0 heterocycles. The zero-order valence-corrected chi connectivity index (χ0v) is 12.9. The van der Waals surface area contributed by atoms with E-state index in [4.69, 9.17) is 0 Å². The molecule has 0 aromatic heterocycles. The molecule has 0 spiro atoms. The van der Waals surface area contributed by atoms with Crippen molar-refractivity contribution in [3.05, 3.63) is 0 Å². The minimum absolute atomic E-state index is 0.138. The Bertz CT molecular complexity index is 210. The summed E-state index contributed by atoms with van der Waals surface area (Å²) in [5.74, 6) is 0.319. The zero-order valence-electron chi connectivity index (χ0n) is 11.3. The number of carbonyl (C=O) groups excluding carboxylic acids is 1. The van der Waals surface area contributed by atoms with Crippen LogP contribution in [0.4, 0.5) is 0 Å². The maximum atomic E-state index is 11.7. The van der Waals surface area contributed by atoms with Crippen molar-refractivity contribution in [2.24, 2.45) is 11.3 Å². The number of alkyl halides is 1. The highest BCUT2D eigenvalue weighted by atomic mass is 79.9. The molecule has 0 saturated carbocycles. The Hall–Kier alpha value is -0.0500. The Labute approximate surface area is 109 Å². The minimum atomic E-state index is 0.138. The van der Waals surface area contributed by atoms with Gasteiger partial charge in [0.2, 0.25) is 5.91 Å². The summed E-state index contributed by atoms with van der Waals surface area (Å²) in [4.78, 5) is 12.0. The van der Waals surface area contributed by atoms with Crippen molar-refractivity contribution in [3.63, 3.8) is 0 Å². The molecule has 1 N–H and O–H groups in total. The van der Waals surface area contributed by atoms with Crippen LogP contribution in [0.3, 0.4) is 0 Å². The van der Waals surface area contributed by atoms with Crippen molar-refractivity contribution in [1.82, 2.24) is 5.32 Å². The maximum Gasteiger partial charge on any atom is 0.222 e. The van der Waals surface area contributed by atoms with Gasteiger partial charge in [-0.25, -0.2) is 0 Å². The smallest absolute Gasteiger partial charge is 0.222 e. The molecule has 0 aromatic rings. The molecule has 2 atom stereocenters.